The number of hydrogen-bond donors (Lipinski definition) is 1. The normalized spacial score (nSPS) is 23.6. The maximum absolute atomic E-state index is 11.3. The molecule has 3 heterocycles. The highest BCUT2D eigenvalue weighted by atomic mass is 35.5. The molecule has 8 heteroatoms. The van der Waals surface area contributed by atoms with Gasteiger partial charge in [-0.2, -0.15) is 0 Å². The molecular formula is C23H23Cl2N3O2S. The Balaban J connectivity index is 1.22. The number of nitrogens with two attached hydrogens (primary N) is 1. The Morgan fingerprint density at radius 3 is 2.65 bits per heavy atom. The largest absolute Gasteiger partial charge is 0.362 e. The highest BCUT2D eigenvalue weighted by Crippen LogP contribution is 2.47. The molecule has 31 heavy (non-hydrogen) atoms. The van der Waals surface area contributed by atoms with E-state index in [1.165, 1.54) is 22.4 Å². The molecule has 2 N–H and O–H groups in total. The SMILES string of the molecule is CC1(c2cc(Cl)cc(Cl)c2)CC(CCc2ccc3c(c2)COC32CN(C(N)=O)C2)=NS1. The van der Waals surface area contributed by atoms with E-state index in [1.807, 2.05) is 12.1 Å². The first kappa shape index (κ1) is 21.1. The van der Waals surface area contributed by atoms with Crippen molar-refractivity contribution in [3.05, 3.63) is 68.7 Å². The number of nitrogens with zero attached hydrogens (tertiary/aromatic N) is 2. The lowest BCUT2D eigenvalue weighted by molar-refractivity contribution is -0.123. The second kappa shape index (κ2) is 7.69. The number of primary amides is 1. The lowest BCUT2D eigenvalue weighted by Gasteiger charge is -2.46. The predicted octanol–water partition coefficient (Wildman–Crippen LogP) is 5.45. The third-order valence-electron chi connectivity index (χ3n) is 6.46. The van der Waals surface area contributed by atoms with Crippen LogP contribution in [-0.2, 0) is 28.1 Å². The quantitative estimate of drug-likeness (QED) is 0.597. The van der Waals surface area contributed by atoms with Crippen molar-refractivity contribution in [2.75, 3.05) is 13.1 Å². The van der Waals surface area contributed by atoms with Gasteiger partial charge in [-0.15, -0.1) is 0 Å². The molecule has 2 amide bonds. The van der Waals surface area contributed by atoms with E-state index in [2.05, 4.69) is 25.1 Å². The van der Waals surface area contributed by atoms with Crippen molar-refractivity contribution < 1.29 is 9.53 Å². The summed E-state index contributed by atoms with van der Waals surface area (Å²) in [7, 11) is 0. The Labute approximate surface area is 196 Å². The van der Waals surface area contributed by atoms with Crippen molar-refractivity contribution in [2.24, 2.45) is 10.1 Å². The molecule has 162 valence electrons. The third kappa shape index (κ3) is 3.84. The highest BCUT2D eigenvalue weighted by Gasteiger charge is 2.51. The monoisotopic (exact) mass is 475 g/mol. The number of rotatable bonds is 4. The van der Waals surface area contributed by atoms with Crippen molar-refractivity contribution in [3.8, 4) is 0 Å². The van der Waals surface area contributed by atoms with Gasteiger partial charge >= 0.3 is 6.03 Å². The topological polar surface area (TPSA) is 67.9 Å². The first-order valence-corrected chi connectivity index (χ1v) is 11.8. The minimum Gasteiger partial charge on any atom is -0.362 e. The molecule has 0 bridgehead atoms. The number of fused-ring (bicyclic) bond motifs is 2. The molecule has 0 aromatic heterocycles. The van der Waals surface area contributed by atoms with Crippen LogP contribution in [0.2, 0.25) is 10.0 Å². The Morgan fingerprint density at radius 2 is 1.94 bits per heavy atom. The smallest absolute Gasteiger partial charge is 0.315 e. The number of benzene rings is 2. The Bertz CT molecular complexity index is 1080. The molecule has 3 aliphatic rings. The van der Waals surface area contributed by atoms with E-state index in [4.69, 9.17) is 38.1 Å². The van der Waals surface area contributed by atoms with Crippen LogP contribution in [0.1, 0.15) is 42.0 Å². The average Bonchev–Trinajstić information content (AvgIpc) is 3.26. The summed E-state index contributed by atoms with van der Waals surface area (Å²) in [6, 6.07) is 11.9. The zero-order valence-electron chi connectivity index (χ0n) is 17.2. The standard InChI is InChI=1S/C23H23Cl2N3O2S/c1-22(16-7-17(24)9-18(25)8-16)10-19(27-31-22)4-2-14-3-5-20-15(6-14)11-30-23(20)12-28(13-23)21(26)29/h3,5-9H,2,4,10-13H2,1H3,(H2,26,29). The molecule has 2 aromatic carbocycles. The van der Waals surface area contributed by atoms with Crippen molar-refractivity contribution in [2.45, 2.75) is 43.1 Å². The third-order valence-corrected chi connectivity index (χ3v) is 8.03. The lowest BCUT2D eigenvalue weighted by Crippen LogP contribution is -2.62. The van der Waals surface area contributed by atoms with E-state index < -0.39 is 0 Å². The molecule has 1 saturated heterocycles. The summed E-state index contributed by atoms with van der Waals surface area (Å²) in [5.41, 5.74) is 11.0. The molecule has 1 fully saturated rings. The van der Waals surface area contributed by atoms with Gasteiger partial charge in [-0.25, -0.2) is 9.19 Å². The van der Waals surface area contributed by atoms with Crippen molar-refractivity contribution in [1.29, 1.82) is 0 Å². The fraction of sp³-hybridized carbons (Fsp3) is 0.391. The van der Waals surface area contributed by atoms with E-state index >= 15 is 0 Å². The molecule has 5 nitrogen and oxygen atoms in total. The van der Waals surface area contributed by atoms with Gasteiger partial charge in [0.25, 0.3) is 0 Å². The van der Waals surface area contributed by atoms with Crippen LogP contribution in [0.15, 0.2) is 40.8 Å². The average molecular weight is 476 g/mol. The zero-order valence-corrected chi connectivity index (χ0v) is 19.5. The summed E-state index contributed by atoms with van der Waals surface area (Å²) in [5, 5.41) is 1.31. The summed E-state index contributed by atoms with van der Waals surface area (Å²) in [5.74, 6) is 0. The second-order valence-electron chi connectivity index (χ2n) is 8.78. The van der Waals surface area contributed by atoms with Gasteiger partial charge in [-0.3, -0.25) is 0 Å². The number of carbonyl (C=O) groups excluding carboxylic acids is 1. The van der Waals surface area contributed by atoms with Crippen LogP contribution in [0.25, 0.3) is 0 Å². The zero-order chi connectivity index (χ0) is 21.8. The Hall–Kier alpha value is -1.73. The minimum absolute atomic E-state index is 0.140. The summed E-state index contributed by atoms with van der Waals surface area (Å²) >= 11 is 14.0. The van der Waals surface area contributed by atoms with Crippen molar-refractivity contribution in [3.63, 3.8) is 0 Å². The Morgan fingerprint density at radius 1 is 1.19 bits per heavy atom. The van der Waals surface area contributed by atoms with E-state index in [0.717, 1.165) is 24.8 Å². The van der Waals surface area contributed by atoms with Gasteiger partial charge < -0.3 is 15.4 Å². The van der Waals surface area contributed by atoms with E-state index in [1.54, 1.807) is 22.9 Å². The van der Waals surface area contributed by atoms with E-state index in [9.17, 15) is 4.79 Å². The molecule has 1 unspecified atom stereocenters. The van der Waals surface area contributed by atoms with Crippen LogP contribution in [0.5, 0.6) is 0 Å². The van der Waals surface area contributed by atoms with Crippen molar-refractivity contribution in [1.82, 2.24) is 4.90 Å². The molecule has 1 atom stereocenters. The van der Waals surface area contributed by atoms with Crippen LogP contribution in [0.4, 0.5) is 4.79 Å². The van der Waals surface area contributed by atoms with Gasteiger partial charge in [0.1, 0.15) is 5.60 Å². The van der Waals surface area contributed by atoms with Gasteiger partial charge in [-0.05, 0) is 72.2 Å². The maximum Gasteiger partial charge on any atom is 0.315 e. The highest BCUT2D eigenvalue weighted by molar-refractivity contribution is 7.99. The number of urea groups is 1. The second-order valence-corrected chi connectivity index (χ2v) is 10.9. The van der Waals surface area contributed by atoms with Gasteiger partial charge in [-0.1, -0.05) is 41.4 Å². The van der Waals surface area contributed by atoms with Crippen molar-refractivity contribution >= 4 is 46.9 Å². The predicted molar refractivity (Wildman–Crippen MR) is 126 cm³/mol. The number of aryl methyl sites for hydroxylation is 1. The summed E-state index contributed by atoms with van der Waals surface area (Å²) < 4.78 is 10.7. The number of amides is 2. The van der Waals surface area contributed by atoms with Crippen LogP contribution < -0.4 is 5.73 Å². The molecule has 5 rings (SSSR count). The Kier molecular flexibility index (Phi) is 5.25. The van der Waals surface area contributed by atoms with Gasteiger partial charge in [0.2, 0.25) is 0 Å². The summed E-state index contributed by atoms with van der Waals surface area (Å²) in [4.78, 5) is 12.9. The summed E-state index contributed by atoms with van der Waals surface area (Å²) in [6.07, 6.45) is 2.73. The number of hydrogen-bond acceptors (Lipinski definition) is 4. The maximum atomic E-state index is 11.3. The van der Waals surface area contributed by atoms with Crippen LogP contribution in [0.3, 0.4) is 0 Å². The van der Waals surface area contributed by atoms with E-state index in [-0.39, 0.29) is 16.4 Å². The van der Waals surface area contributed by atoms with Crippen LogP contribution in [0, 0.1) is 0 Å². The van der Waals surface area contributed by atoms with E-state index in [0.29, 0.717) is 29.7 Å². The number of likely N-dealkylation sites (tertiary alicyclic amines) is 1. The molecule has 0 aliphatic carbocycles. The molecule has 0 radical (unpaired) electrons. The number of halogens is 2. The van der Waals surface area contributed by atoms with Gasteiger partial charge in [0.15, 0.2) is 0 Å². The molecular weight excluding hydrogens is 453 g/mol. The number of carbonyl (C=O) groups is 1. The fourth-order valence-corrected chi connectivity index (χ4v) is 6.17. The lowest BCUT2D eigenvalue weighted by atomic mass is 9.84. The van der Waals surface area contributed by atoms with Gasteiger partial charge in [0, 0.05) is 22.2 Å². The number of ether oxygens (including phenoxy) is 1. The molecule has 3 aliphatic heterocycles. The molecule has 0 saturated carbocycles. The molecule has 2 aromatic rings. The first-order chi connectivity index (χ1) is 14.8. The molecule has 1 spiro atoms. The summed E-state index contributed by atoms with van der Waals surface area (Å²) in [6.45, 7) is 3.85. The van der Waals surface area contributed by atoms with Crippen LogP contribution >= 0.6 is 35.1 Å². The fourth-order valence-electron chi connectivity index (χ4n) is 4.70. The van der Waals surface area contributed by atoms with Gasteiger partial charge in [0.05, 0.1) is 24.4 Å². The first-order valence-electron chi connectivity index (χ1n) is 10.3. The van der Waals surface area contributed by atoms with Crippen LogP contribution in [-0.4, -0.2) is 29.7 Å². The minimum atomic E-state index is -0.387.